The summed E-state index contributed by atoms with van der Waals surface area (Å²) in [6.45, 7) is 2.27. The summed E-state index contributed by atoms with van der Waals surface area (Å²) < 4.78 is 0. The fourth-order valence-electron chi connectivity index (χ4n) is 4.32. The topological polar surface area (TPSA) is 12.0 Å². The molecule has 0 amide bonds. The van der Waals surface area contributed by atoms with Crippen LogP contribution in [0.3, 0.4) is 0 Å². The molecule has 0 saturated heterocycles. The fraction of sp³-hybridized carbons (Fsp3) is 0.391. The average molecular weight is 317 g/mol. The molecule has 1 aliphatic heterocycles. The van der Waals surface area contributed by atoms with E-state index in [0.717, 1.165) is 12.8 Å². The highest BCUT2D eigenvalue weighted by molar-refractivity contribution is 5.47. The van der Waals surface area contributed by atoms with Crippen molar-refractivity contribution in [2.24, 2.45) is 5.92 Å². The quantitative estimate of drug-likeness (QED) is 0.706. The van der Waals surface area contributed by atoms with Crippen LogP contribution in [-0.2, 0) is 0 Å². The van der Waals surface area contributed by atoms with Crippen molar-refractivity contribution >= 4 is 0 Å². The molecule has 1 heterocycles. The predicted octanol–water partition coefficient (Wildman–Crippen LogP) is 5.68. The molecule has 0 bridgehead atoms. The van der Waals surface area contributed by atoms with E-state index in [1.165, 1.54) is 53.7 Å². The molecule has 2 unspecified atom stereocenters. The SMILES string of the molecule is CCC1=CC=C(C2CC=CC3=C2C=CCC3)NC1C1=CC=CCC1. The summed E-state index contributed by atoms with van der Waals surface area (Å²) in [5.74, 6) is 0.499. The van der Waals surface area contributed by atoms with E-state index in [1.54, 1.807) is 0 Å². The van der Waals surface area contributed by atoms with Gasteiger partial charge in [-0.25, -0.2) is 0 Å². The molecule has 1 N–H and O–H groups in total. The molecule has 0 aromatic rings. The number of hydrogen-bond donors (Lipinski definition) is 1. The van der Waals surface area contributed by atoms with Gasteiger partial charge in [0.25, 0.3) is 0 Å². The molecular formula is C23H27N. The average Bonchev–Trinajstić information content (AvgIpc) is 2.68. The van der Waals surface area contributed by atoms with Crippen LogP contribution in [0.1, 0.15) is 45.4 Å². The Morgan fingerprint density at radius 1 is 1.00 bits per heavy atom. The van der Waals surface area contributed by atoms with Crippen LogP contribution in [0.25, 0.3) is 0 Å². The Morgan fingerprint density at radius 2 is 1.92 bits per heavy atom. The van der Waals surface area contributed by atoms with Crippen LogP contribution in [-0.4, -0.2) is 6.04 Å². The van der Waals surface area contributed by atoms with Gasteiger partial charge in [0, 0.05) is 11.6 Å². The maximum absolute atomic E-state index is 3.92. The molecule has 1 heteroatoms. The van der Waals surface area contributed by atoms with Gasteiger partial charge in [-0.1, -0.05) is 55.5 Å². The Hall–Kier alpha value is -2.02. The summed E-state index contributed by atoms with van der Waals surface area (Å²) in [6, 6.07) is 0.391. The molecular weight excluding hydrogens is 290 g/mol. The van der Waals surface area contributed by atoms with Gasteiger partial charge in [0.1, 0.15) is 0 Å². The monoisotopic (exact) mass is 317 g/mol. The van der Waals surface area contributed by atoms with E-state index in [0.29, 0.717) is 12.0 Å². The van der Waals surface area contributed by atoms with Gasteiger partial charge >= 0.3 is 0 Å². The number of dihydropyridines is 1. The van der Waals surface area contributed by atoms with Gasteiger partial charge in [-0.2, -0.15) is 0 Å². The van der Waals surface area contributed by atoms with Crippen molar-refractivity contribution in [2.75, 3.05) is 0 Å². The van der Waals surface area contributed by atoms with Crippen LogP contribution in [0.4, 0.5) is 0 Å². The lowest BCUT2D eigenvalue weighted by Crippen LogP contribution is -2.37. The number of hydrogen-bond acceptors (Lipinski definition) is 1. The van der Waals surface area contributed by atoms with E-state index in [1.807, 2.05) is 0 Å². The summed E-state index contributed by atoms with van der Waals surface area (Å²) in [6.07, 6.45) is 27.9. The van der Waals surface area contributed by atoms with Gasteiger partial charge in [0.05, 0.1) is 6.04 Å². The largest absolute Gasteiger partial charge is 0.378 e. The van der Waals surface area contributed by atoms with Crippen molar-refractivity contribution in [1.82, 2.24) is 5.32 Å². The highest BCUT2D eigenvalue weighted by Crippen LogP contribution is 2.37. The van der Waals surface area contributed by atoms with Crippen LogP contribution < -0.4 is 5.32 Å². The molecule has 4 rings (SSSR count). The molecule has 0 spiro atoms. The molecule has 0 saturated carbocycles. The van der Waals surface area contributed by atoms with Crippen LogP contribution in [0.15, 0.2) is 82.7 Å². The molecule has 3 aliphatic carbocycles. The summed E-state index contributed by atoms with van der Waals surface area (Å²) in [7, 11) is 0. The molecule has 0 aromatic carbocycles. The minimum atomic E-state index is 0.391. The summed E-state index contributed by atoms with van der Waals surface area (Å²) in [5.41, 5.74) is 7.53. The minimum absolute atomic E-state index is 0.391. The van der Waals surface area contributed by atoms with Gasteiger partial charge in [-0.3, -0.25) is 0 Å². The number of nitrogens with one attached hydrogen (secondary N) is 1. The molecule has 0 radical (unpaired) electrons. The molecule has 24 heavy (non-hydrogen) atoms. The Kier molecular flexibility index (Phi) is 4.42. The second-order valence-electron chi connectivity index (χ2n) is 7.12. The summed E-state index contributed by atoms with van der Waals surface area (Å²) in [5, 5.41) is 3.92. The van der Waals surface area contributed by atoms with Gasteiger partial charge in [-0.15, -0.1) is 0 Å². The minimum Gasteiger partial charge on any atom is -0.378 e. The third-order valence-electron chi connectivity index (χ3n) is 5.67. The van der Waals surface area contributed by atoms with E-state index < -0.39 is 0 Å². The van der Waals surface area contributed by atoms with Gasteiger partial charge < -0.3 is 5.32 Å². The second-order valence-corrected chi connectivity index (χ2v) is 7.12. The zero-order valence-electron chi connectivity index (χ0n) is 14.6. The lowest BCUT2D eigenvalue weighted by atomic mass is 9.79. The van der Waals surface area contributed by atoms with Crippen molar-refractivity contribution in [2.45, 2.75) is 51.5 Å². The Labute approximate surface area is 145 Å². The lowest BCUT2D eigenvalue weighted by molar-refractivity contribution is 0.573. The van der Waals surface area contributed by atoms with Crippen molar-refractivity contribution in [1.29, 1.82) is 0 Å². The first-order valence-electron chi connectivity index (χ1n) is 9.45. The van der Waals surface area contributed by atoms with Crippen molar-refractivity contribution in [3.8, 4) is 0 Å². The van der Waals surface area contributed by atoms with Crippen molar-refractivity contribution in [3.05, 3.63) is 82.7 Å². The van der Waals surface area contributed by atoms with Crippen LogP contribution in [0, 0.1) is 5.92 Å². The Morgan fingerprint density at radius 3 is 2.75 bits per heavy atom. The fourth-order valence-corrected chi connectivity index (χ4v) is 4.32. The van der Waals surface area contributed by atoms with Crippen molar-refractivity contribution < 1.29 is 0 Å². The maximum Gasteiger partial charge on any atom is 0.0690 e. The first-order chi connectivity index (χ1) is 11.9. The van der Waals surface area contributed by atoms with Crippen LogP contribution in [0.5, 0.6) is 0 Å². The molecule has 2 atom stereocenters. The zero-order valence-corrected chi connectivity index (χ0v) is 14.6. The van der Waals surface area contributed by atoms with E-state index in [2.05, 4.69) is 66.9 Å². The summed E-state index contributed by atoms with van der Waals surface area (Å²) >= 11 is 0. The third kappa shape index (κ3) is 2.88. The molecule has 4 aliphatic rings. The highest BCUT2D eigenvalue weighted by atomic mass is 14.9. The molecule has 124 valence electrons. The van der Waals surface area contributed by atoms with Crippen molar-refractivity contribution in [3.63, 3.8) is 0 Å². The zero-order chi connectivity index (χ0) is 16.4. The Balaban J connectivity index is 1.63. The maximum atomic E-state index is 3.92. The number of rotatable bonds is 3. The molecule has 1 nitrogen and oxygen atoms in total. The lowest BCUT2D eigenvalue weighted by Gasteiger charge is -2.35. The van der Waals surface area contributed by atoms with Gasteiger partial charge in [0.15, 0.2) is 0 Å². The smallest absolute Gasteiger partial charge is 0.0690 e. The third-order valence-corrected chi connectivity index (χ3v) is 5.67. The van der Waals surface area contributed by atoms with E-state index >= 15 is 0 Å². The predicted molar refractivity (Wildman–Crippen MR) is 102 cm³/mol. The Bertz CT molecular complexity index is 721. The van der Waals surface area contributed by atoms with E-state index in [4.69, 9.17) is 0 Å². The normalized spacial score (nSPS) is 28.8. The first kappa shape index (κ1) is 15.5. The molecule has 0 aromatic heterocycles. The van der Waals surface area contributed by atoms with Crippen LogP contribution in [0.2, 0.25) is 0 Å². The van der Waals surface area contributed by atoms with Gasteiger partial charge in [0.2, 0.25) is 0 Å². The van der Waals surface area contributed by atoms with E-state index in [9.17, 15) is 0 Å². The van der Waals surface area contributed by atoms with E-state index in [-0.39, 0.29) is 0 Å². The van der Waals surface area contributed by atoms with Crippen LogP contribution >= 0.6 is 0 Å². The standard InChI is InChI=1S/C23H27N/c1-2-17-15-16-22(24-23(17)19-10-4-3-5-11-19)21-14-8-12-18-9-6-7-13-20(18)21/h3-4,7-8,10,12-13,15-16,21,23-24H,2,5-6,9,11,14H2,1H3. The second kappa shape index (κ2) is 6.84. The highest BCUT2D eigenvalue weighted by Gasteiger charge is 2.28. The summed E-state index contributed by atoms with van der Waals surface area (Å²) in [4.78, 5) is 0. The first-order valence-corrected chi connectivity index (χ1v) is 9.45. The van der Waals surface area contributed by atoms with Gasteiger partial charge in [-0.05, 0) is 66.9 Å². The molecule has 0 fully saturated rings. The number of allylic oxidation sites excluding steroid dienone is 11.